The van der Waals surface area contributed by atoms with Crippen LogP contribution in [0.25, 0.3) is 0 Å². The number of carbonyl (C=O) groups is 1. The highest BCUT2D eigenvalue weighted by molar-refractivity contribution is 8.01. The van der Waals surface area contributed by atoms with Gasteiger partial charge in [0, 0.05) is 29.4 Å². The number of hydrogen-bond acceptors (Lipinski definition) is 5. The Hall–Kier alpha value is -1.21. The van der Waals surface area contributed by atoms with E-state index in [1.807, 2.05) is 0 Å². The van der Waals surface area contributed by atoms with Gasteiger partial charge in [-0.25, -0.2) is 8.42 Å². The van der Waals surface area contributed by atoms with Crippen molar-refractivity contribution in [3.8, 4) is 5.75 Å². The highest BCUT2D eigenvalue weighted by Crippen LogP contribution is 2.24. The molecule has 0 aromatic heterocycles. The Labute approximate surface area is 129 Å². The summed E-state index contributed by atoms with van der Waals surface area (Å²) in [6.45, 7) is 2.03. The number of aromatic hydroxyl groups is 1. The second-order valence-electron chi connectivity index (χ2n) is 4.87. The summed E-state index contributed by atoms with van der Waals surface area (Å²) in [7, 11) is -3.30. The van der Waals surface area contributed by atoms with E-state index in [9.17, 15) is 18.3 Å². The lowest BCUT2D eigenvalue weighted by Gasteiger charge is -2.34. The van der Waals surface area contributed by atoms with Crippen LogP contribution in [0.5, 0.6) is 5.75 Å². The molecule has 1 heterocycles. The molecule has 2 rings (SSSR count). The van der Waals surface area contributed by atoms with E-state index in [0.29, 0.717) is 17.9 Å². The van der Waals surface area contributed by atoms with Gasteiger partial charge in [0.2, 0.25) is 5.91 Å². The predicted octanol–water partition coefficient (Wildman–Crippen LogP) is 1.27. The fourth-order valence-electron chi connectivity index (χ4n) is 2.28. The molecule has 0 saturated carbocycles. The maximum atomic E-state index is 12.4. The zero-order valence-corrected chi connectivity index (χ0v) is 13.5. The number of hydrogen-bond donors (Lipinski definition) is 1. The zero-order chi connectivity index (χ0) is 15.5. The number of rotatable bonds is 4. The molecule has 1 saturated heterocycles. The molecule has 1 amide bonds. The Bertz CT molecular complexity index is 615. The summed E-state index contributed by atoms with van der Waals surface area (Å²) in [5.41, 5.74) is 0.522. The largest absolute Gasteiger partial charge is 0.508 e. The molecule has 116 valence electrons. The van der Waals surface area contributed by atoms with Crippen molar-refractivity contribution in [3.05, 3.63) is 29.8 Å². The van der Waals surface area contributed by atoms with Crippen molar-refractivity contribution in [1.82, 2.24) is 4.90 Å². The van der Waals surface area contributed by atoms with Crippen LogP contribution in [0.1, 0.15) is 12.5 Å². The van der Waals surface area contributed by atoms with Crippen molar-refractivity contribution < 1.29 is 18.3 Å². The minimum absolute atomic E-state index is 0.0209. The number of phenols is 1. The number of phenolic OH excluding ortho intramolecular Hbond substituents is 1. The van der Waals surface area contributed by atoms with E-state index in [2.05, 4.69) is 0 Å². The summed E-state index contributed by atoms with van der Waals surface area (Å²) in [5, 5.41) is 8.99. The highest BCUT2D eigenvalue weighted by Gasteiger charge is 2.35. The number of amides is 1. The quantitative estimate of drug-likeness (QED) is 0.900. The van der Waals surface area contributed by atoms with Gasteiger partial charge < -0.3 is 10.0 Å². The SMILES string of the molecule is CCS(=O)(=O)C1CSCCN1C(=O)Cc1ccccc1O. The van der Waals surface area contributed by atoms with Crippen LogP contribution in [0.15, 0.2) is 24.3 Å². The lowest BCUT2D eigenvalue weighted by Crippen LogP contribution is -2.51. The fraction of sp³-hybridized carbons (Fsp3) is 0.500. The van der Waals surface area contributed by atoms with E-state index >= 15 is 0 Å². The van der Waals surface area contributed by atoms with Crippen LogP contribution < -0.4 is 0 Å². The fourth-order valence-corrected chi connectivity index (χ4v) is 5.27. The molecule has 1 N–H and O–H groups in total. The zero-order valence-electron chi connectivity index (χ0n) is 11.9. The van der Waals surface area contributed by atoms with Gasteiger partial charge in [-0.3, -0.25) is 4.79 Å². The van der Waals surface area contributed by atoms with E-state index in [0.717, 1.165) is 5.75 Å². The van der Waals surface area contributed by atoms with Crippen molar-refractivity contribution in [2.75, 3.05) is 23.8 Å². The van der Waals surface area contributed by atoms with Crippen LogP contribution in [-0.2, 0) is 21.1 Å². The third kappa shape index (κ3) is 3.71. The number of sulfone groups is 1. The number of carbonyl (C=O) groups excluding carboxylic acids is 1. The minimum atomic E-state index is -3.30. The third-order valence-corrected chi connectivity index (χ3v) is 6.84. The Morgan fingerprint density at radius 3 is 2.81 bits per heavy atom. The molecule has 21 heavy (non-hydrogen) atoms. The van der Waals surface area contributed by atoms with Gasteiger partial charge in [-0.1, -0.05) is 25.1 Å². The topological polar surface area (TPSA) is 74.7 Å². The van der Waals surface area contributed by atoms with Crippen molar-refractivity contribution in [1.29, 1.82) is 0 Å². The minimum Gasteiger partial charge on any atom is -0.508 e. The number of benzene rings is 1. The molecule has 1 unspecified atom stereocenters. The summed E-state index contributed by atoms with van der Waals surface area (Å²) in [4.78, 5) is 13.9. The number of para-hydroxylation sites is 1. The highest BCUT2D eigenvalue weighted by atomic mass is 32.2. The lowest BCUT2D eigenvalue weighted by molar-refractivity contribution is -0.130. The standard InChI is InChI=1S/C14H19NO4S2/c1-2-21(18,19)14-10-20-8-7-15(14)13(17)9-11-5-3-4-6-12(11)16/h3-6,14,16H,2,7-10H2,1H3. The maximum absolute atomic E-state index is 12.4. The van der Waals surface area contributed by atoms with Crippen LogP contribution in [0.3, 0.4) is 0 Å². The van der Waals surface area contributed by atoms with E-state index in [1.54, 1.807) is 36.9 Å². The maximum Gasteiger partial charge on any atom is 0.228 e. The molecule has 1 aromatic rings. The first-order valence-corrected chi connectivity index (χ1v) is 9.68. The van der Waals surface area contributed by atoms with Gasteiger partial charge >= 0.3 is 0 Å². The average molecular weight is 329 g/mol. The van der Waals surface area contributed by atoms with Gasteiger partial charge in [-0.2, -0.15) is 11.8 Å². The van der Waals surface area contributed by atoms with Crippen molar-refractivity contribution >= 4 is 27.5 Å². The van der Waals surface area contributed by atoms with E-state index in [1.165, 1.54) is 11.0 Å². The van der Waals surface area contributed by atoms with Crippen molar-refractivity contribution in [2.45, 2.75) is 18.7 Å². The Balaban J connectivity index is 2.18. The van der Waals surface area contributed by atoms with Crippen LogP contribution in [0.2, 0.25) is 0 Å². The molecule has 1 fully saturated rings. The summed E-state index contributed by atoms with van der Waals surface area (Å²) < 4.78 is 24.3. The predicted molar refractivity (Wildman–Crippen MR) is 84.1 cm³/mol. The summed E-state index contributed by atoms with van der Waals surface area (Å²) >= 11 is 1.55. The van der Waals surface area contributed by atoms with Crippen molar-refractivity contribution in [3.63, 3.8) is 0 Å². The molecule has 1 aromatic carbocycles. The van der Waals surface area contributed by atoms with E-state index in [4.69, 9.17) is 0 Å². The lowest BCUT2D eigenvalue weighted by atomic mass is 10.1. The Kier molecular flexibility index (Phi) is 5.16. The second-order valence-corrected chi connectivity index (χ2v) is 8.47. The molecule has 0 spiro atoms. The molecule has 1 aliphatic rings. The molecule has 0 bridgehead atoms. The molecular formula is C14H19NO4S2. The van der Waals surface area contributed by atoms with Crippen molar-refractivity contribution in [2.24, 2.45) is 0 Å². The second kappa shape index (κ2) is 6.70. The first kappa shape index (κ1) is 16.2. The molecule has 0 aliphatic carbocycles. The van der Waals surface area contributed by atoms with Crippen LogP contribution in [0, 0.1) is 0 Å². The van der Waals surface area contributed by atoms with Gasteiger partial charge in [0.05, 0.1) is 6.42 Å². The average Bonchev–Trinajstić information content (AvgIpc) is 2.49. The summed E-state index contributed by atoms with van der Waals surface area (Å²) in [5.74, 6) is 0.995. The third-order valence-electron chi connectivity index (χ3n) is 3.56. The van der Waals surface area contributed by atoms with Crippen LogP contribution >= 0.6 is 11.8 Å². The van der Waals surface area contributed by atoms with Gasteiger partial charge in [-0.05, 0) is 6.07 Å². The molecule has 1 aliphatic heterocycles. The van der Waals surface area contributed by atoms with E-state index in [-0.39, 0.29) is 23.8 Å². The van der Waals surface area contributed by atoms with Crippen LogP contribution in [-0.4, -0.2) is 53.5 Å². The molecular weight excluding hydrogens is 310 g/mol. The first-order valence-electron chi connectivity index (χ1n) is 6.81. The Morgan fingerprint density at radius 1 is 1.43 bits per heavy atom. The molecule has 0 radical (unpaired) electrons. The molecule has 5 nitrogen and oxygen atoms in total. The van der Waals surface area contributed by atoms with Gasteiger partial charge in [0.1, 0.15) is 11.1 Å². The summed E-state index contributed by atoms with van der Waals surface area (Å²) in [6, 6.07) is 6.63. The van der Waals surface area contributed by atoms with Gasteiger partial charge in [0.15, 0.2) is 9.84 Å². The van der Waals surface area contributed by atoms with Gasteiger partial charge in [-0.15, -0.1) is 0 Å². The smallest absolute Gasteiger partial charge is 0.228 e. The van der Waals surface area contributed by atoms with E-state index < -0.39 is 15.2 Å². The molecule has 1 atom stereocenters. The first-order chi connectivity index (χ1) is 9.95. The van der Waals surface area contributed by atoms with Gasteiger partial charge in [0.25, 0.3) is 0 Å². The number of thioether (sulfide) groups is 1. The molecule has 7 heteroatoms. The Morgan fingerprint density at radius 2 is 2.14 bits per heavy atom. The summed E-state index contributed by atoms with van der Waals surface area (Å²) in [6.07, 6.45) is 0.0209. The number of nitrogens with zero attached hydrogens (tertiary/aromatic N) is 1. The normalized spacial score (nSPS) is 19.5. The monoisotopic (exact) mass is 329 g/mol. The van der Waals surface area contributed by atoms with Crippen LogP contribution in [0.4, 0.5) is 0 Å².